The van der Waals surface area contributed by atoms with Crippen LogP contribution in [0.15, 0.2) is 11.8 Å². The Labute approximate surface area is 127 Å². The smallest absolute Gasteiger partial charge is 0.519 e. The van der Waals surface area contributed by atoms with Gasteiger partial charge in [-0.15, -0.1) is 0 Å². The summed E-state index contributed by atoms with van der Waals surface area (Å²) < 4.78 is 4.60. The Morgan fingerprint density at radius 3 is 2.38 bits per heavy atom. The zero-order chi connectivity index (χ0) is 9.56. The third kappa shape index (κ3) is 7.55. The SMILES string of the molecule is CCOC(=O)/C([C-]=O)=C\N(C)C.[Rb+]. The summed E-state index contributed by atoms with van der Waals surface area (Å²) in [5.74, 6) is -0.638. The van der Waals surface area contributed by atoms with Crippen LogP contribution in [0.4, 0.5) is 0 Å². The van der Waals surface area contributed by atoms with Crippen molar-refractivity contribution in [1.29, 1.82) is 0 Å². The summed E-state index contributed by atoms with van der Waals surface area (Å²) in [6.45, 7) is 1.93. The Kier molecular flexibility index (Phi) is 11.1. The normalized spacial score (nSPS) is 9.92. The van der Waals surface area contributed by atoms with E-state index in [2.05, 4.69) is 4.74 Å². The van der Waals surface area contributed by atoms with Crippen molar-refractivity contribution in [2.45, 2.75) is 6.92 Å². The van der Waals surface area contributed by atoms with Crippen molar-refractivity contribution in [3.63, 3.8) is 0 Å². The molecule has 68 valence electrons. The molecular formula is C8H12NO3Rb. The molecule has 0 unspecified atom stereocenters. The topological polar surface area (TPSA) is 46.6 Å². The second-order valence-corrected chi connectivity index (χ2v) is 2.33. The minimum absolute atomic E-state index is 0. The fraction of sp³-hybridized carbons (Fsp3) is 0.500. The monoisotopic (exact) mass is 255 g/mol. The summed E-state index contributed by atoms with van der Waals surface area (Å²) in [4.78, 5) is 22.7. The van der Waals surface area contributed by atoms with Crippen LogP contribution in [0.2, 0.25) is 0 Å². The van der Waals surface area contributed by atoms with E-state index in [4.69, 9.17) is 0 Å². The number of rotatable bonds is 4. The van der Waals surface area contributed by atoms with E-state index < -0.39 is 5.97 Å². The van der Waals surface area contributed by atoms with Crippen LogP contribution in [-0.2, 0) is 14.3 Å². The van der Waals surface area contributed by atoms with Crippen molar-refractivity contribution in [1.82, 2.24) is 4.90 Å². The molecule has 0 aromatic heterocycles. The molecule has 0 aromatic carbocycles. The number of esters is 1. The van der Waals surface area contributed by atoms with Gasteiger partial charge in [0.05, 0.1) is 12.9 Å². The second kappa shape index (κ2) is 9.06. The minimum atomic E-state index is -0.638. The Balaban J connectivity index is 0. The van der Waals surface area contributed by atoms with Gasteiger partial charge >= 0.3 is 58.2 Å². The van der Waals surface area contributed by atoms with Gasteiger partial charge in [0, 0.05) is 0 Å². The number of hydrogen-bond donors (Lipinski definition) is 0. The molecule has 0 N–H and O–H groups in total. The van der Waals surface area contributed by atoms with E-state index in [1.807, 2.05) is 0 Å². The van der Waals surface area contributed by atoms with Crippen LogP contribution >= 0.6 is 0 Å². The Bertz CT molecular complexity index is 202. The van der Waals surface area contributed by atoms with Gasteiger partial charge in [-0.3, -0.25) is 0 Å². The third-order valence-corrected chi connectivity index (χ3v) is 0.993. The van der Waals surface area contributed by atoms with Crippen LogP contribution in [0, 0.1) is 0 Å². The third-order valence-electron chi connectivity index (χ3n) is 0.993. The summed E-state index contributed by atoms with van der Waals surface area (Å²) in [6, 6.07) is 0. The molecule has 0 atom stereocenters. The molecule has 4 nitrogen and oxygen atoms in total. The van der Waals surface area contributed by atoms with Crippen molar-refractivity contribution in [2.24, 2.45) is 0 Å². The van der Waals surface area contributed by atoms with Crippen molar-refractivity contribution in [3.05, 3.63) is 11.8 Å². The van der Waals surface area contributed by atoms with Crippen molar-refractivity contribution in [3.8, 4) is 0 Å². The van der Waals surface area contributed by atoms with E-state index in [1.54, 1.807) is 25.9 Å². The maximum atomic E-state index is 10.9. The van der Waals surface area contributed by atoms with Gasteiger partial charge in [-0.25, -0.2) is 0 Å². The fourth-order valence-electron chi connectivity index (χ4n) is 0.588. The van der Waals surface area contributed by atoms with Crippen molar-refractivity contribution in [2.75, 3.05) is 20.7 Å². The minimum Gasteiger partial charge on any atom is -0.519 e. The standard InChI is InChI=1S/C8H12NO3.Rb/c1-4-12-8(11)7(6-10)5-9(2)3;/h5H,4H2,1-3H3;/q-1;+1/b7-5-;. The molecule has 5 heteroatoms. The predicted octanol–water partition coefficient (Wildman–Crippen LogP) is -2.89. The molecule has 13 heavy (non-hydrogen) atoms. The molecular weight excluding hydrogens is 244 g/mol. The largest absolute Gasteiger partial charge is 1.00 e. The van der Waals surface area contributed by atoms with Crippen LogP contribution in [0.5, 0.6) is 0 Å². The van der Waals surface area contributed by atoms with Gasteiger partial charge in [0.25, 0.3) is 0 Å². The zero-order valence-electron chi connectivity index (χ0n) is 8.46. The van der Waals surface area contributed by atoms with E-state index >= 15 is 0 Å². The summed E-state index contributed by atoms with van der Waals surface area (Å²) in [5, 5.41) is 0. The molecule has 0 aliphatic heterocycles. The first-order valence-corrected chi connectivity index (χ1v) is 3.55. The molecule has 0 aromatic rings. The maximum absolute atomic E-state index is 10.9. The van der Waals surface area contributed by atoms with Crippen LogP contribution in [0.25, 0.3) is 0 Å². The van der Waals surface area contributed by atoms with Gasteiger partial charge in [-0.2, -0.15) is 0 Å². The number of carbonyl (C=O) groups is 1. The molecule has 0 amide bonds. The molecule has 0 rings (SSSR count). The van der Waals surface area contributed by atoms with E-state index in [9.17, 15) is 9.59 Å². The van der Waals surface area contributed by atoms with Crippen molar-refractivity contribution >= 4 is 12.3 Å². The predicted molar refractivity (Wildman–Crippen MR) is 44.1 cm³/mol. The van der Waals surface area contributed by atoms with E-state index in [1.165, 1.54) is 12.5 Å². The molecule has 0 spiro atoms. The Morgan fingerprint density at radius 2 is 2.08 bits per heavy atom. The van der Waals surface area contributed by atoms with Gasteiger partial charge in [0.2, 0.25) is 5.97 Å². The van der Waals surface area contributed by atoms with Gasteiger partial charge in [-0.05, 0) is 21.0 Å². The number of hydrogen-bond acceptors (Lipinski definition) is 4. The second-order valence-electron chi connectivity index (χ2n) is 2.33. The van der Waals surface area contributed by atoms with E-state index in [0.29, 0.717) is 0 Å². The Hall–Kier alpha value is 0.485. The quantitative estimate of drug-likeness (QED) is 0.178. The first-order valence-electron chi connectivity index (χ1n) is 3.55. The number of nitrogens with zero attached hydrogens (tertiary/aromatic N) is 1. The molecule has 0 bridgehead atoms. The number of carbonyl (C=O) groups excluding carboxylic acids is 2. The maximum Gasteiger partial charge on any atom is 1.00 e. The first-order chi connectivity index (χ1) is 5.61. The molecule has 0 aliphatic rings. The Morgan fingerprint density at radius 1 is 1.54 bits per heavy atom. The average Bonchev–Trinajstić information content (AvgIpc) is 2.00. The van der Waals surface area contributed by atoms with Gasteiger partial charge in [0.1, 0.15) is 0 Å². The van der Waals surface area contributed by atoms with Crippen LogP contribution in [-0.4, -0.2) is 37.9 Å². The molecule has 0 saturated carbocycles. The zero-order valence-corrected chi connectivity index (χ0v) is 13.4. The molecule has 0 aliphatic carbocycles. The fourth-order valence-corrected chi connectivity index (χ4v) is 0.588. The van der Waals surface area contributed by atoms with Gasteiger partial charge in [-0.1, -0.05) is 11.8 Å². The molecule has 0 heterocycles. The van der Waals surface area contributed by atoms with Crippen LogP contribution < -0.4 is 58.2 Å². The van der Waals surface area contributed by atoms with Gasteiger partial charge in [0.15, 0.2) is 0 Å². The summed E-state index contributed by atoms with van der Waals surface area (Å²) in [5.41, 5.74) is -0.0955. The molecule has 0 radical (unpaired) electrons. The molecule has 0 fully saturated rings. The summed E-state index contributed by atoms with van der Waals surface area (Å²) >= 11 is 0. The van der Waals surface area contributed by atoms with Gasteiger partial charge < -0.3 is 19.2 Å². The summed E-state index contributed by atoms with van der Waals surface area (Å²) in [7, 11) is 3.41. The van der Waals surface area contributed by atoms with Crippen LogP contribution in [0.3, 0.4) is 0 Å². The molecule has 0 saturated heterocycles. The van der Waals surface area contributed by atoms with E-state index in [0.717, 1.165) is 0 Å². The van der Waals surface area contributed by atoms with E-state index in [-0.39, 0.29) is 70.4 Å². The average molecular weight is 256 g/mol. The van der Waals surface area contributed by atoms with Crippen molar-refractivity contribution < 1.29 is 72.5 Å². The number of ether oxygens (including phenoxy) is 1. The first kappa shape index (κ1) is 15.9. The summed E-state index contributed by atoms with van der Waals surface area (Å²) in [6.07, 6.45) is 2.88. The van der Waals surface area contributed by atoms with Crippen LogP contribution in [0.1, 0.15) is 6.92 Å².